The van der Waals surface area contributed by atoms with Crippen molar-refractivity contribution in [3.05, 3.63) is 18.2 Å². The van der Waals surface area contributed by atoms with E-state index in [4.69, 9.17) is 10.5 Å². The van der Waals surface area contributed by atoms with E-state index in [1.807, 2.05) is 25.1 Å². The molecule has 1 aromatic rings. The van der Waals surface area contributed by atoms with Crippen LogP contribution < -0.4 is 15.4 Å². The topological polar surface area (TPSA) is 72.6 Å². The molecule has 0 atom stereocenters. The number of nitrogens with two attached hydrogens (primary N) is 1. The van der Waals surface area contributed by atoms with E-state index in [1.54, 1.807) is 0 Å². The fourth-order valence-corrected chi connectivity index (χ4v) is 3.53. The molecule has 0 radical (unpaired) electrons. The van der Waals surface area contributed by atoms with Crippen molar-refractivity contribution in [2.75, 3.05) is 41.8 Å². The van der Waals surface area contributed by atoms with Gasteiger partial charge in [-0.2, -0.15) is 0 Å². The summed E-state index contributed by atoms with van der Waals surface area (Å²) in [6.07, 6.45) is 1.59. The minimum absolute atomic E-state index is 0.211. The molecule has 0 aliphatic carbocycles. The molecule has 6 heteroatoms. The van der Waals surface area contributed by atoms with Crippen LogP contribution in [0, 0.1) is 0 Å². The van der Waals surface area contributed by atoms with Crippen molar-refractivity contribution >= 4 is 21.2 Å². The Labute approximate surface area is 120 Å². The Morgan fingerprint density at radius 2 is 2.10 bits per heavy atom. The quantitative estimate of drug-likeness (QED) is 0.856. The average Bonchev–Trinajstić information content (AvgIpc) is 2.59. The van der Waals surface area contributed by atoms with Crippen LogP contribution in [0.5, 0.6) is 5.75 Å². The molecule has 112 valence electrons. The first kappa shape index (κ1) is 15.0. The molecule has 2 N–H and O–H groups in total. The zero-order valence-corrected chi connectivity index (χ0v) is 12.7. The van der Waals surface area contributed by atoms with Gasteiger partial charge in [-0.1, -0.05) is 6.92 Å². The van der Waals surface area contributed by atoms with Crippen LogP contribution in [0.2, 0.25) is 0 Å². The molecule has 1 aromatic carbocycles. The fraction of sp³-hybridized carbons (Fsp3) is 0.571. The number of sulfone groups is 1. The molecule has 2 rings (SSSR count). The molecule has 0 saturated carbocycles. The highest BCUT2D eigenvalue weighted by atomic mass is 32.2. The third-order valence-electron chi connectivity index (χ3n) is 3.38. The first-order chi connectivity index (χ1) is 9.52. The highest BCUT2D eigenvalue weighted by Crippen LogP contribution is 2.28. The summed E-state index contributed by atoms with van der Waals surface area (Å²) in [5.74, 6) is 1.16. The Kier molecular flexibility index (Phi) is 4.75. The standard InChI is InChI=1S/C14H22N2O3S/c1-2-8-19-14-11-12(4-5-13(14)15)16-6-3-9-20(17,18)10-7-16/h4-5,11H,2-3,6-10,15H2,1H3. The van der Waals surface area contributed by atoms with Crippen molar-refractivity contribution in [1.82, 2.24) is 0 Å². The molecule has 0 unspecified atom stereocenters. The van der Waals surface area contributed by atoms with Crippen molar-refractivity contribution in [2.45, 2.75) is 19.8 Å². The number of ether oxygens (including phenoxy) is 1. The van der Waals surface area contributed by atoms with Crippen LogP contribution in [-0.2, 0) is 9.84 Å². The van der Waals surface area contributed by atoms with Crippen LogP contribution in [0.3, 0.4) is 0 Å². The van der Waals surface area contributed by atoms with Gasteiger partial charge in [0.25, 0.3) is 0 Å². The predicted molar refractivity (Wildman–Crippen MR) is 82.1 cm³/mol. The second kappa shape index (κ2) is 6.35. The molecule has 1 fully saturated rings. The summed E-state index contributed by atoms with van der Waals surface area (Å²) >= 11 is 0. The average molecular weight is 298 g/mol. The Hall–Kier alpha value is -1.43. The first-order valence-electron chi connectivity index (χ1n) is 6.99. The maximum absolute atomic E-state index is 11.6. The number of nitrogens with zero attached hydrogens (tertiary/aromatic N) is 1. The monoisotopic (exact) mass is 298 g/mol. The van der Waals surface area contributed by atoms with E-state index < -0.39 is 9.84 Å². The number of benzene rings is 1. The number of hydrogen-bond acceptors (Lipinski definition) is 5. The van der Waals surface area contributed by atoms with Gasteiger partial charge in [-0.15, -0.1) is 0 Å². The summed E-state index contributed by atoms with van der Waals surface area (Å²) in [6.45, 7) is 3.94. The van der Waals surface area contributed by atoms with Crippen molar-refractivity contribution < 1.29 is 13.2 Å². The lowest BCUT2D eigenvalue weighted by Gasteiger charge is -2.23. The van der Waals surface area contributed by atoms with Gasteiger partial charge >= 0.3 is 0 Å². The zero-order chi connectivity index (χ0) is 14.6. The third kappa shape index (κ3) is 3.79. The molecular formula is C14H22N2O3S. The largest absolute Gasteiger partial charge is 0.491 e. The molecule has 0 spiro atoms. The van der Waals surface area contributed by atoms with Gasteiger partial charge < -0.3 is 15.4 Å². The predicted octanol–water partition coefficient (Wildman–Crippen LogP) is 1.68. The summed E-state index contributed by atoms with van der Waals surface area (Å²) in [5.41, 5.74) is 7.48. The van der Waals surface area contributed by atoms with E-state index in [1.165, 1.54) is 0 Å². The number of rotatable bonds is 4. The Morgan fingerprint density at radius 3 is 2.85 bits per heavy atom. The second-order valence-electron chi connectivity index (χ2n) is 5.06. The number of nitrogen functional groups attached to an aromatic ring is 1. The normalized spacial score (nSPS) is 18.6. The molecule has 5 nitrogen and oxygen atoms in total. The highest BCUT2D eigenvalue weighted by Gasteiger charge is 2.19. The van der Waals surface area contributed by atoms with Crippen molar-refractivity contribution in [3.8, 4) is 5.75 Å². The smallest absolute Gasteiger partial charge is 0.152 e. The van der Waals surface area contributed by atoms with Crippen molar-refractivity contribution in [1.29, 1.82) is 0 Å². The molecule has 1 aliphatic heterocycles. The minimum atomic E-state index is -2.89. The highest BCUT2D eigenvalue weighted by molar-refractivity contribution is 7.91. The molecule has 1 saturated heterocycles. The van der Waals surface area contributed by atoms with Crippen LogP contribution >= 0.6 is 0 Å². The Bertz CT molecular complexity index is 558. The molecule has 0 aromatic heterocycles. The summed E-state index contributed by atoms with van der Waals surface area (Å²) in [4.78, 5) is 2.09. The van der Waals surface area contributed by atoms with Gasteiger partial charge in [0, 0.05) is 24.8 Å². The summed E-state index contributed by atoms with van der Waals surface area (Å²) in [7, 11) is -2.89. The first-order valence-corrected chi connectivity index (χ1v) is 8.81. The van der Waals surface area contributed by atoms with Gasteiger partial charge in [0.2, 0.25) is 0 Å². The number of anilines is 2. The minimum Gasteiger partial charge on any atom is -0.491 e. The van der Waals surface area contributed by atoms with Gasteiger partial charge in [0.05, 0.1) is 23.8 Å². The van der Waals surface area contributed by atoms with Crippen LogP contribution in [0.15, 0.2) is 18.2 Å². The summed E-state index contributed by atoms with van der Waals surface area (Å²) in [6, 6.07) is 5.65. The lowest BCUT2D eigenvalue weighted by molar-refractivity contribution is 0.319. The molecule has 1 aliphatic rings. The summed E-state index contributed by atoms with van der Waals surface area (Å²) in [5, 5.41) is 0. The van der Waals surface area contributed by atoms with Gasteiger partial charge in [-0.3, -0.25) is 0 Å². The lowest BCUT2D eigenvalue weighted by Crippen LogP contribution is -2.26. The van der Waals surface area contributed by atoms with E-state index in [2.05, 4.69) is 4.90 Å². The molecule has 1 heterocycles. The van der Waals surface area contributed by atoms with Crippen LogP contribution in [0.4, 0.5) is 11.4 Å². The van der Waals surface area contributed by atoms with E-state index in [-0.39, 0.29) is 11.5 Å². The van der Waals surface area contributed by atoms with Gasteiger partial charge in [-0.05, 0) is 25.0 Å². The zero-order valence-electron chi connectivity index (χ0n) is 11.8. The van der Waals surface area contributed by atoms with E-state index in [0.29, 0.717) is 31.0 Å². The molecular weight excluding hydrogens is 276 g/mol. The number of hydrogen-bond donors (Lipinski definition) is 1. The van der Waals surface area contributed by atoms with Gasteiger partial charge in [-0.25, -0.2) is 8.42 Å². The Balaban J connectivity index is 2.15. The molecule has 20 heavy (non-hydrogen) atoms. The van der Waals surface area contributed by atoms with E-state index in [9.17, 15) is 8.42 Å². The second-order valence-corrected chi connectivity index (χ2v) is 7.37. The summed E-state index contributed by atoms with van der Waals surface area (Å²) < 4.78 is 28.9. The maximum atomic E-state index is 11.6. The van der Waals surface area contributed by atoms with Gasteiger partial charge in [0.15, 0.2) is 9.84 Å². The van der Waals surface area contributed by atoms with Crippen molar-refractivity contribution in [3.63, 3.8) is 0 Å². The van der Waals surface area contributed by atoms with Gasteiger partial charge in [0.1, 0.15) is 5.75 Å². The van der Waals surface area contributed by atoms with E-state index in [0.717, 1.165) is 18.7 Å². The maximum Gasteiger partial charge on any atom is 0.152 e. The van der Waals surface area contributed by atoms with Crippen LogP contribution in [0.25, 0.3) is 0 Å². The lowest BCUT2D eigenvalue weighted by atomic mass is 10.2. The van der Waals surface area contributed by atoms with Crippen molar-refractivity contribution in [2.24, 2.45) is 0 Å². The Morgan fingerprint density at radius 1 is 1.30 bits per heavy atom. The fourth-order valence-electron chi connectivity index (χ4n) is 2.25. The SMILES string of the molecule is CCCOc1cc(N2CCCS(=O)(=O)CC2)ccc1N. The molecule has 0 amide bonds. The molecule has 0 bridgehead atoms. The van der Waals surface area contributed by atoms with E-state index >= 15 is 0 Å². The third-order valence-corrected chi connectivity index (χ3v) is 5.09. The van der Waals surface area contributed by atoms with Crippen LogP contribution in [0.1, 0.15) is 19.8 Å². The van der Waals surface area contributed by atoms with Crippen LogP contribution in [-0.4, -0.2) is 39.6 Å².